The molecule has 1 saturated heterocycles. The first-order chi connectivity index (χ1) is 15.0. The van der Waals surface area contributed by atoms with E-state index < -0.39 is 10.0 Å². The Morgan fingerprint density at radius 2 is 1.78 bits per heavy atom. The number of amides is 1. The van der Waals surface area contributed by atoms with Gasteiger partial charge in [-0.15, -0.1) is 0 Å². The van der Waals surface area contributed by atoms with E-state index in [4.69, 9.17) is 0 Å². The van der Waals surface area contributed by atoms with Crippen LogP contribution in [0, 0.1) is 23.7 Å². The Balaban J connectivity index is 1.52. The summed E-state index contributed by atoms with van der Waals surface area (Å²) in [5, 5.41) is 9.25. The molecule has 0 radical (unpaired) electrons. The number of aromatic amines is 1. The van der Waals surface area contributed by atoms with Crippen LogP contribution in [0.1, 0.15) is 57.9 Å². The van der Waals surface area contributed by atoms with Crippen molar-refractivity contribution in [2.24, 2.45) is 5.41 Å². The van der Waals surface area contributed by atoms with E-state index in [9.17, 15) is 23.3 Å². The molecule has 1 amide bonds. The van der Waals surface area contributed by atoms with Gasteiger partial charge < -0.3 is 9.88 Å². The molecule has 4 rings (SSSR count). The van der Waals surface area contributed by atoms with E-state index >= 15 is 0 Å². The summed E-state index contributed by atoms with van der Waals surface area (Å²) in [7, 11) is -3.83. The quantitative estimate of drug-likeness (QED) is 0.765. The number of hydrogen-bond donors (Lipinski definition) is 1. The molecule has 2 heterocycles. The van der Waals surface area contributed by atoms with Gasteiger partial charge in [0.25, 0.3) is 5.91 Å². The second-order valence-corrected chi connectivity index (χ2v) is 11.1. The van der Waals surface area contributed by atoms with E-state index in [0.29, 0.717) is 29.7 Å². The smallest absolute Gasteiger partial charge is 0.270 e. The predicted molar refractivity (Wildman–Crippen MR) is 118 cm³/mol. The van der Waals surface area contributed by atoms with Gasteiger partial charge in [-0.05, 0) is 36.5 Å². The van der Waals surface area contributed by atoms with Crippen molar-refractivity contribution in [1.29, 1.82) is 5.26 Å². The number of nitrogens with zero attached hydrogens (tertiary/aromatic N) is 3. The van der Waals surface area contributed by atoms with Crippen LogP contribution < -0.4 is 0 Å². The molecule has 1 aliphatic carbocycles. The predicted octanol–water partition coefficient (Wildman–Crippen LogP) is 2.50. The van der Waals surface area contributed by atoms with Gasteiger partial charge in [0.2, 0.25) is 10.0 Å². The molecule has 9 heteroatoms. The molecule has 0 spiro atoms. The second-order valence-electron chi connectivity index (χ2n) is 9.22. The standard InChI is InChI=1S/C23H26N4O4S/c1-15-20-17(12-23(2,3)13-18(20)28)25-21(15)22(29)26-8-10-27(11-9-26)32(30,31)19-7-5-4-6-16(19)14-24/h4-7,25H,8-13H2,1-3H3. The van der Waals surface area contributed by atoms with Crippen LogP contribution >= 0.6 is 0 Å². The highest BCUT2D eigenvalue weighted by Crippen LogP contribution is 2.37. The number of Topliss-reactive ketones (excluding diaryl/α,β-unsaturated/α-hetero) is 1. The second kappa shape index (κ2) is 7.87. The van der Waals surface area contributed by atoms with E-state index in [0.717, 1.165) is 5.69 Å². The van der Waals surface area contributed by atoms with Crippen molar-refractivity contribution in [3.8, 4) is 6.07 Å². The average molecular weight is 455 g/mol. The van der Waals surface area contributed by atoms with Crippen LogP contribution in [0.25, 0.3) is 0 Å². The molecule has 1 aliphatic heterocycles. The van der Waals surface area contributed by atoms with Gasteiger partial charge in [0.05, 0.1) is 10.5 Å². The Bertz CT molecular complexity index is 1250. The highest BCUT2D eigenvalue weighted by Gasteiger charge is 2.37. The fourth-order valence-corrected chi connectivity index (χ4v) is 6.22. The number of rotatable bonds is 3. The van der Waals surface area contributed by atoms with Crippen LogP contribution in [-0.4, -0.2) is 60.5 Å². The lowest BCUT2D eigenvalue weighted by atomic mass is 9.75. The van der Waals surface area contributed by atoms with E-state index in [2.05, 4.69) is 4.98 Å². The molecular weight excluding hydrogens is 428 g/mol. The lowest BCUT2D eigenvalue weighted by Crippen LogP contribution is -2.50. The maximum Gasteiger partial charge on any atom is 0.270 e. The normalized spacial score (nSPS) is 18.8. The minimum Gasteiger partial charge on any atom is -0.354 e. The topological polar surface area (TPSA) is 114 Å². The summed E-state index contributed by atoms with van der Waals surface area (Å²) in [6.45, 7) is 6.60. The Morgan fingerprint density at radius 3 is 2.44 bits per heavy atom. The molecule has 1 fully saturated rings. The zero-order chi connectivity index (χ0) is 23.3. The van der Waals surface area contributed by atoms with Gasteiger partial charge in [0, 0.05) is 43.9 Å². The number of benzene rings is 1. The number of nitrogens with one attached hydrogen (secondary N) is 1. The number of carbonyl (C=O) groups excluding carboxylic acids is 2. The summed E-state index contributed by atoms with van der Waals surface area (Å²) in [6.07, 6.45) is 1.15. The summed E-state index contributed by atoms with van der Waals surface area (Å²) in [5.41, 5.74) is 2.46. The molecule has 32 heavy (non-hydrogen) atoms. The number of piperazine rings is 1. The number of sulfonamides is 1. The molecule has 0 atom stereocenters. The van der Waals surface area contributed by atoms with Crippen LogP contribution in [0.15, 0.2) is 29.2 Å². The summed E-state index contributed by atoms with van der Waals surface area (Å²) in [5.74, 6) is -0.173. The van der Waals surface area contributed by atoms with Crippen LogP contribution in [0.2, 0.25) is 0 Å². The first-order valence-electron chi connectivity index (χ1n) is 10.6. The molecule has 0 bridgehead atoms. The zero-order valence-corrected chi connectivity index (χ0v) is 19.3. The summed E-state index contributed by atoms with van der Waals surface area (Å²) in [4.78, 5) is 30.6. The molecule has 1 N–H and O–H groups in total. The van der Waals surface area contributed by atoms with Crippen molar-refractivity contribution in [3.05, 3.63) is 52.3 Å². The largest absolute Gasteiger partial charge is 0.354 e. The minimum absolute atomic E-state index is 0.0173. The fourth-order valence-electron chi connectivity index (χ4n) is 4.66. The maximum atomic E-state index is 13.2. The van der Waals surface area contributed by atoms with Gasteiger partial charge in [0.15, 0.2) is 5.78 Å². The lowest BCUT2D eigenvalue weighted by Gasteiger charge is -2.34. The van der Waals surface area contributed by atoms with Crippen molar-refractivity contribution in [3.63, 3.8) is 0 Å². The molecule has 168 valence electrons. The van der Waals surface area contributed by atoms with E-state index in [-0.39, 0.29) is 53.7 Å². The number of carbonyl (C=O) groups is 2. The molecule has 1 aromatic carbocycles. The highest BCUT2D eigenvalue weighted by atomic mass is 32.2. The summed E-state index contributed by atoms with van der Waals surface area (Å²) in [6, 6.07) is 8.04. The Morgan fingerprint density at radius 1 is 1.12 bits per heavy atom. The molecule has 2 aromatic rings. The van der Waals surface area contributed by atoms with Gasteiger partial charge in [-0.3, -0.25) is 9.59 Å². The van der Waals surface area contributed by atoms with E-state index in [1.165, 1.54) is 16.4 Å². The van der Waals surface area contributed by atoms with Crippen molar-refractivity contribution in [2.75, 3.05) is 26.2 Å². The van der Waals surface area contributed by atoms with Gasteiger partial charge >= 0.3 is 0 Å². The van der Waals surface area contributed by atoms with E-state index in [1.54, 1.807) is 24.0 Å². The molecule has 0 unspecified atom stereocenters. The van der Waals surface area contributed by atoms with Crippen LogP contribution in [0.3, 0.4) is 0 Å². The molecular formula is C23H26N4O4S. The first kappa shape index (κ1) is 22.2. The van der Waals surface area contributed by atoms with Gasteiger partial charge in [-0.2, -0.15) is 9.57 Å². The number of ketones is 1. The van der Waals surface area contributed by atoms with Gasteiger partial charge in [0.1, 0.15) is 11.8 Å². The molecule has 0 saturated carbocycles. The van der Waals surface area contributed by atoms with Gasteiger partial charge in [-0.1, -0.05) is 26.0 Å². The number of nitriles is 1. The lowest BCUT2D eigenvalue weighted by molar-refractivity contribution is 0.0691. The summed E-state index contributed by atoms with van der Waals surface area (Å²) < 4.78 is 27.4. The molecule has 2 aliphatic rings. The summed E-state index contributed by atoms with van der Waals surface area (Å²) >= 11 is 0. The van der Waals surface area contributed by atoms with Gasteiger partial charge in [-0.25, -0.2) is 8.42 Å². The third-order valence-electron chi connectivity index (χ3n) is 6.27. The number of hydrogen-bond acceptors (Lipinski definition) is 5. The third-order valence-corrected chi connectivity index (χ3v) is 8.22. The van der Waals surface area contributed by atoms with E-state index in [1.807, 2.05) is 19.9 Å². The van der Waals surface area contributed by atoms with Crippen molar-refractivity contribution < 1.29 is 18.0 Å². The van der Waals surface area contributed by atoms with Crippen LogP contribution in [0.4, 0.5) is 0 Å². The van der Waals surface area contributed by atoms with Crippen molar-refractivity contribution in [2.45, 2.75) is 38.5 Å². The van der Waals surface area contributed by atoms with Crippen LogP contribution in [0.5, 0.6) is 0 Å². The number of H-pyrrole nitrogens is 1. The Labute approximate surface area is 187 Å². The monoisotopic (exact) mass is 454 g/mol. The SMILES string of the molecule is Cc1c(C(=O)N2CCN(S(=O)(=O)c3ccccc3C#N)CC2)[nH]c2c1C(=O)CC(C)(C)C2. The average Bonchev–Trinajstić information content (AvgIpc) is 3.08. The number of fused-ring (bicyclic) bond motifs is 1. The van der Waals surface area contributed by atoms with Crippen molar-refractivity contribution >= 4 is 21.7 Å². The van der Waals surface area contributed by atoms with Crippen molar-refractivity contribution in [1.82, 2.24) is 14.2 Å². The Hall–Kier alpha value is -2.96. The zero-order valence-electron chi connectivity index (χ0n) is 18.4. The van der Waals surface area contributed by atoms with Crippen LogP contribution in [-0.2, 0) is 16.4 Å². The first-order valence-corrected chi connectivity index (χ1v) is 12.0. The Kier molecular flexibility index (Phi) is 5.47. The number of aromatic nitrogens is 1. The molecule has 1 aromatic heterocycles. The highest BCUT2D eigenvalue weighted by molar-refractivity contribution is 7.89. The third kappa shape index (κ3) is 3.74. The minimum atomic E-state index is -3.83. The molecule has 8 nitrogen and oxygen atoms in total. The fraction of sp³-hybridized carbons (Fsp3) is 0.435. The maximum absolute atomic E-state index is 13.2.